The first-order valence-electron chi connectivity index (χ1n) is 4.67. The van der Waals surface area contributed by atoms with E-state index in [4.69, 9.17) is 14.9 Å². The lowest BCUT2D eigenvalue weighted by Crippen LogP contribution is -2.40. The molecule has 0 aromatic heterocycles. The number of rotatable bonds is 4. The third-order valence-electron chi connectivity index (χ3n) is 1.86. The number of carboxylic acid groups (broad SMARTS) is 2. The Hall–Kier alpha value is -1.59. The van der Waals surface area contributed by atoms with Gasteiger partial charge in [-0.1, -0.05) is 0 Å². The van der Waals surface area contributed by atoms with Crippen LogP contribution in [-0.2, 0) is 19.1 Å². The van der Waals surface area contributed by atoms with Gasteiger partial charge in [-0.3, -0.25) is 14.4 Å². The molecule has 0 rings (SSSR count). The average Bonchev–Trinajstić information content (AvgIpc) is 1.98. The van der Waals surface area contributed by atoms with Crippen LogP contribution in [0.3, 0.4) is 0 Å². The van der Waals surface area contributed by atoms with Crippen LogP contribution in [0, 0.1) is 5.41 Å². The molecule has 0 amide bonds. The molecule has 6 nitrogen and oxygen atoms in total. The molecule has 0 radical (unpaired) electrons. The molecule has 0 aromatic rings. The molecule has 0 heterocycles. The zero-order chi connectivity index (χ0) is 13.1. The van der Waals surface area contributed by atoms with Crippen molar-refractivity contribution in [3.8, 4) is 0 Å². The van der Waals surface area contributed by atoms with Crippen LogP contribution >= 0.6 is 0 Å². The fourth-order valence-electron chi connectivity index (χ4n) is 0.909. The average molecular weight is 232 g/mol. The molecule has 0 saturated heterocycles. The smallest absolute Gasteiger partial charge is 0.321 e. The minimum Gasteiger partial charge on any atom is -0.480 e. The SMILES string of the molecule is CC(C)(C)OC(=O)CC(C)(C(=O)O)C(=O)O. The molecular weight excluding hydrogens is 216 g/mol. The van der Waals surface area contributed by atoms with Crippen LogP contribution in [0.25, 0.3) is 0 Å². The Balaban J connectivity index is 4.74. The van der Waals surface area contributed by atoms with Gasteiger partial charge in [0.15, 0.2) is 5.41 Å². The summed E-state index contributed by atoms with van der Waals surface area (Å²) in [6.45, 7) is 5.82. The molecule has 0 fully saturated rings. The summed E-state index contributed by atoms with van der Waals surface area (Å²) in [6, 6.07) is 0. The van der Waals surface area contributed by atoms with E-state index in [2.05, 4.69) is 0 Å². The molecule has 0 aliphatic heterocycles. The molecule has 0 saturated carbocycles. The fraction of sp³-hybridized carbons (Fsp3) is 0.700. The maximum atomic E-state index is 11.3. The summed E-state index contributed by atoms with van der Waals surface area (Å²) in [5.74, 6) is -3.98. The van der Waals surface area contributed by atoms with Crippen LogP contribution in [0.4, 0.5) is 0 Å². The second-order valence-electron chi connectivity index (χ2n) is 4.71. The number of carbonyl (C=O) groups excluding carboxylic acids is 1. The Morgan fingerprint density at radius 3 is 1.62 bits per heavy atom. The lowest BCUT2D eigenvalue weighted by atomic mass is 9.87. The first-order chi connectivity index (χ1) is 6.99. The van der Waals surface area contributed by atoms with Crippen molar-refractivity contribution in [3.05, 3.63) is 0 Å². The maximum absolute atomic E-state index is 11.3. The number of carbonyl (C=O) groups is 3. The van der Waals surface area contributed by atoms with Gasteiger partial charge in [-0.05, 0) is 27.7 Å². The highest BCUT2D eigenvalue weighted by Crippen LogP contribution is 2.24. The largest absolute Gasteiger partial charge is 0.480 e. The summed E-state index contributed by atoms with van der Waals surface area (Å²) < 4.78 is 4.87. The second kappa shape index (κ2) is 4.51. The number of ether oxygens (including phenoxy) is 1. The first kappa shape index (κ1) is 14.4. The van der Waals surface area contributed by atoms with E-state index in [0.29, 0.717) is 0 Å². The van der Waals surface area contributed by atoms with Gasteiger partial charge >= 0.3 is 17.9 Å². The zero-order valence-electron chi connectivity index (χ0n) is 9.73. The molecular formula is C10H16O6. The molecule has 0 aliphatic carbocycles. The van der Waals surface area contributed by atoms with Gasteiger partial charge in [-0.15, -0.1) is 0 Å². The van der Waals surface area contributed by atoms with Crippen LogP contribution in [0.1, 0.15) is 34.1 Å². The lowest BCUT2D eigenvalue weighted by molar-refractivity contribution is -0.173. The third kappa shape index (κ3) is 3.88. The third-order valence-corrected chi connectivity index (χ3v) is 1.86. The summed E-state index contributed by atoms with van der Waals surface area (Å²) in [5.41, 5.74) is -2.92. The normalized spacial score (nSPS) is 12.0. The molecule has 0 aliphatic rings. The lowest BCUT2D eigenvalue weighted by Gasteiger charge is -2.23. The van der Waals surface area contributed by atoms with Crippen molar-refractivity contribution in [3.63, 3.8) is 0 Å². The van der Waals surface area contributed by atoms with Crippen molar-refractivity contribution in [1.82, 2.24) is 0 Å². The Morgan fingerprint density at radius 1 is 1.00 bits per heavy atom. The minimum absolute atomic E-state index is 0.699. The van der Waals surface area contributed by atoms with Gasteiger partial charge in [0, 0.05) is 0 Å². The molecule has 0 spiro atoms. The highest BCUT2D eigenvalue weighted by molar-refractivity contribution is 6.00. The van der Waals surface area contributed by atoms with E-state index in [0.717, 1.165) is 6.92 Å². The molecule has 0 bridgehead atoms. The van der Waals surface area contributed by atoms with Crippen molar-refractivity contribution >= 4 is 17.9 Å². The highest BCUT2D eigenvalue weighted by Gasteiger charge is 2.44. The molecule has 0 aromatic carbocycles. The molecule has 92 valence electrons. The van der Waals surface area contributed by atoms with Crippen LogP contribution in [0.2, 0.25) is 0 Å². The van der Waals surface area contributed by atoms with Gasteiger partial charge in [-0.2, -0.15) is 0 Å². The number of aliphatic carboxylic acids is 2. The Labute approximate surface area is 93.2 Å². The summed E-state index contributed by atoms with van der Waals surface area (Å²) in [6.07, 6.45) is -0.699. The van der Waals surface area contributed by atoms with E-state index >= 15 is 0 Å². The molecule has 16 heavy (non-hydrogen) atoms. The zero-order valence-corrected chi connectivity index (χ0v) is 9.73. The van der Waals surface area contributed by atoms with Crippen molar-refractivity contribution in [1.29, 1.82) is 0 Å². The summed E-state index contributed by atoms with van der Waals surface area (Å²) >= 11 is 0. The fourth-order valence-corrected chi connectivity index (χ4v) is 0.909. The Kier molecular flexibility index (Phi) is 4.06. The van der Waals surface area contributed by atoms with Crippen LogP contribution in [-0.4, -0.2) is 33.7 Å². The van der Waals surface area contributed by atoms with E-state index < -0.39 is 35.3 Å². The quantitative estimate of drug-likeness (QED) is 0.551. The summed E-state index contributed by atoms with van der Waals surface area (Å²) in [7, 11) is 0. The van der Waals surface area contributed by atoms with Gasteiger partial charge in [0.05, 0.1) is 6.42 Å². The van der Waals surface area contributed by atoms with Gasteiger partial charge in [0.25, 0.3) is 0 Å². The summed E-state index contributed by atoms with van der Waals surface area (Å²) in [4.78, 5) is 32.9. The second-order valence-corrected chi connectivity index (χ2v) is 4.71. The number of carboxylic acids is 2. The van der Waals surface area contributed by atoms with Crippen LogP contribution in [0.5, 0.6) is 0 Å². The first-order valence-corrected chi connectivity index (χ1v) is 4.67. The van der Waals surface area contributed by atoms with Crippen molar-refractivity contribution in [2.75, 3.05) is 0 Å². The summed E-state index contributed by atoms with van der Waals surface area (Å²) in [5, 5.41) is 17.5. The van der Waals surface area contributed by atoms with Gasteiger partial charge < -0.3 is 14.9 Å². The van der Waals surface area contributed by atoms with E-state index in [1.807, 2.05) is 0 Å². The molecule has 2 N–H and O–H groups in total. The van der Waals surface area contributed by atoms with Gasteiger partial charge in [-0.25, -0.2) is 0 Å². The van der Waals surface area contributed by atoms with Crippen molar-refractivity contribution in [2.24, 2.45) is 5.41 Å². The molecule has 0 atom stereocenters. The predicted octanol–water partition coefficient (Wildman–Crippen LogP) is 0.894. The molecule has 6 heteroatoms. The Bertz CT molecular complexity index is 298. The van der Waals surface area contributed by atoms with Crippen molar-refractivity contribution in [2.45, 2.75) is 39.7 Å². The van der Waals surface area contributed by atoms with Gasteiger partial charge in [0.2, 0.25) is 0 Å². The maximum Gasteiger partial charge on any atom is 0.321 e. The predicted molar refractivity (Wildman–Crippen MR) is 53.8 cm³/mol. The standard InChI is InChI=1S/C10H16O6/c1-9(2,3)16-6(11)5-10(4,7(12)13)8(14)15/h5H2,1-4H3,(H,12,13)(H,14,15). The van der Waals surface area contributed by atoms with E-state index in [1.54, 1.807) is 20.8 Å². The monoisotopic (exact) mass is 232 g/mol. The van der Waals surface area contributed by atoms with Gasteiger partial charge in [0.1, 0.15) is 5.60 Å². The van der Waals surface area contributed by atoms with Crippen molar-refractivity contribution < 1.29 is 29.3 Å². The Morgan fingerprint density at radius 2 is 1.38 bits per heavy atom. The highest BCUT2D eigenvalue weighted by atomic mass is 16.6. The topological polar surface area (TPSA) is 101 Å². The van der Waals surface area contributed by atoms with E-state index in [-0.39, 0.29) is 0 Å². The van der Waals surface area contributed by atoms with Crippen LogP contribution < -0.4 is 0 Å². The number of hydrogen-bond acceptors (Lipinski definition) is 4. The number of esters is 1. The number of hydrogen-bond donors (Lipinski definition) is 2. The minimum atomic E-state index is -2.15. The van der Waals surface area contributed by atoms with Crippen LogP contribution in [0.15, 0.2) is 0 Å². The van der Waals surface area contributed by atoms with E-state index in [1.165, 1.54) is 0 Å². The van der Waals surface area contributed by atoms with E-state index in [9.17, 15) is 14.4 Å². The molecule has 0 unspecified atom stereocenters.